The van der Waals surface area contributed by atoms with Gasteiger partial charge in [-0.25, -0.2) is 0 Å². The second-order valence-electron chi connectivity index (χ2n) is 3.70. The van der Waals surface area contributed by atoms with E-state index in [9.17, 15) is 19.8 Å². The molecule has 2 aromatic rings. The van der Waals surface area contributed by atoms with Gasteiger partial charge < -0.3 is 24.2 Å². The van der Waals surface area contributed by atoms with Crippen molar-refractivity contribution in [3.63, 3.8) is 0 Å². The third-order valence-corrected chi connectivity index (χ3v) is 3.60. The van der Waals surface area contributed by atoms with Crippen molar-refractivity contribution in [1.82, 2.24) is 0 Å². The fourth-order valence-electron chi connectivity index (χ4n) is 1.51. The van der Waals surface area contributed by atoms with Gasteiger partial charge in [0.05, 0.1) is 10.9 Å². The molecule has 0 radical (unpaired) electrons. The van der Waals surface area contributed by atoms with Gasteiger partial charge >= 0.3 is 0 Å². The maximum atomic E-state index is 11.0. The number of furan rings is 1. The molecular weight excluding hydrogens is 268 g/mol. The van der Waals surface area contributed by atoms with E-state index < -0.39 is 11.9 Å². The fourth-order valence-corrected chi connectivity index (χ4v) is 2.51. The number of carboxylic acid groups (broad SMARTS) is 2. The SMILES string of the molecule is Cc1oc(C(=O)[O-])cc1Sc1ccccc1C(=O)[O-]. The van der Waals surface area contributed by atoms with Crippen LogP contribution in [0.15, 0.2) is 44.5 Å². The lowest BCUT2D eigenvalue weighted by atomic mass is 10.2. The third-order valence-electron chi connectivity index (χ3n) is 2.40. The molecule has 0 aliphatic heterocycles. The van der Waals surface area contributed by atoms with Gasteiger partial charge in [0.25, 0.3) is 0 Å². The lowest BCUT2D eigenvalue weighted by molar-refractivity contribution is -0.257. The molecule has 6 heteroatoms. The van der Waals surface area contributed by atoms with E-state index in [1.807, 2.05) is 0 Å². The topological polar surface area (TPSA) is 93.4 Å². The van der Waals surface area contributed by atoms with E-state index in [4.69, 9.17) is 4.42 Å². The van der Waals surface area contributed by atoms with Crippen LogP contribution in [0.2, 0.25) is 0 Å². The molecule has 98 valence electrons. The van der Waals surface area contributed by atoms with Crippen LogP contribution in [0.25, 0.3) is 0 Å². The van der Waals surface area contributed by atoms with Crippen LogP contribution in [0.5, 0.6) is 0 Å². The average Bonchev–Trinajstić information content (AvgIpc) is 2.72. The number of rotatable bonds is 4. The van der Waals surface area contributed by atoms with Crippen LogP contribution in [0.3, 0.4) is 0 Å². The first-order valence-electron chi connectivity index (χ1n) is 5.29. The highest BCUT2D eigenvalue weighted by Gasteiger charge is 2.12. The molecule has 1 heterocycles. The van der Waals surface area contributed by atoms with Crippen LogP contribution in [0.4, 0.5) is 0 Å². The molecule has 0 spiro atoms. The summed E-state index contributed by atoms with van der Waals surface area (Å²) in [7, 11) is 0. The van der Waals surface area contributed by atoms with Crippen LogP contribution in [-0.4, -0.2) is 11.9 Å². The van der Waals surface area contributed by atoms with Crippen LogP contribution < -0.4 is 10.2 Å². The van der Waals surface area contributed by atoms with E-state index in [2.05, 4.69) is 0 Å². The predicted molar refractivity (Wildman–Crippen MR) is 62.7 cm³/mol. The number of carbonyl (C=O) groups excluding carboxylic acids is 2. The maximum Gasteiger partial charge on any atom is 0.150 e. The Labute approximate surface area is 112 Å². The zero-order valence-electron chi connectivity index (χ0n) is 9.84. The highest BCUT2D eigenvalue weighted by Crippen LogP contribution is 2.34. The van der Waals surface area contributed by atoms with Gasteiger partial charge in [-0.3, -0.25) is 0 Å². The number of aryl methyl sites for hydroxylation is 1. The van der Waals surface area contributed by atoms with Crippen LogP contribution in [0.1, 0.15) is 26.7 Å². The second-order valence-corrected chi connectivity index (χ2v) is 4.79. The minimum Gasteiger partial charge on any atom is -0.545 e. The molecule has 0 bridgehead atoms. The number of benzene rings is 1. The quantitative estimate of drug-likeness (QED) is 0.805. The van der Waals surface area contributed by atoms with Crippen LogP contribution in [0, 0.1) is 6.92 Å². The Morgan fingerprint density at radius 2 is 1.79 bits per heavy atom. The molecule has 19 heavy (non-hydrogen) atoms. The van der Waals surface area contributed by atoms with Gasteiger partial charge in [0.2, 0.25) is 0 Å². The van der Waals surface area contributed by atoms with Crippen molar-refractivity contribution in [3.8, 4) is 0 Å². The summed E-state index contributed by atoms with van der Waals surface area (Å²) in [5.74, 6) is -2.60. The Morgan fingerprint density at radius 1 is 1.11 bits per heavy atom. The highest BCUT2D eigenvalue weighted by molar-refractivity contribution is 7.99. The number of carboxylic acids is 2. The third kappa shape index (κ3) is 2.79. The standard InChI is InChI=1S/C13H10O5S/c1-7-11(6-9(18-7)13(16)17)19-10-5-3-2-4-8(10)12(14)15/h2-6H,1H3,(H,14,15)(H,16,17)/p-2. The second kappa shape index (κ2) is 5.19. The summed E-state index contributed by atoms with van der Waals surface area (Å²) < 4.78 is 5.00. The van der Waals surface area contributed by atoms with Crippen molar-refractivity contribution in [3.05, 3.63) is 47.4 Å². The van der Waals surface area contributed by atoms with Crippen molar-refractivity contribution in [2.24, 2.45) is 0 Å². The monoisotopic (exact) mass is 276 g/mol. The Hall–Kier alpha value is -2.21. The molecule has 0 atom stereocenters. The van der Waals surface area contributed by atoms with E-state index in [1.54, 1.807) is 25.1 Å². The molecular formula is C13H8O5S-2. The molecule has 0 aliphatic rings. The Morgan fingerprint density at radius 3 is 2.37 bits per heavy atom. The number of carbonyl (C=O) groups is 2. The zero-order valence-corrected chi connectivity index (χ0v) is 10.7. The Balaban J connectivity index is 2.36. The minimum atomic E-state index is -1.41. The maximum absolute atomic E-state index is 11.0. The summed E-state index contributed by atoms with van der Waals surface area (Å²) >= 11 is 1.10. The van der Waals surface area contributed by atoms with Crippen LogP contribution >= 0.6 is 11.8 Å². The summed E-state index contributed by atoms with van der Waals surface area (Å²) in [4.78, 5) is 22.6. The fraction of sp³-hybridized carbons (Fsp3) is 0.0769. The van der Waals surface area contributed by atoms with Crippen molar-refractivity contribution < 1.29 is 24.2 Å². The van der Waals surface area contributed by atoms with Gasteiger partial charge in [0.1, 0.15) is 11.7 Å². The van der Waals surface area contributed by atoms with Gasteiger partial charge in [0.15, 0.2) is 5.76 Å². The minimum absolute atomic E-state index is 0.0445. The van der Waals surface area contributed by atoms with Crippen molar-refractivity contribution in [1.29, 1.82) is 0 Å². The molecule has 0 unspecified atom stereocenters. The summed E-state index contributed by atoms with van der Waals surface area (Å²) in [6.07, 6.45) is 0. The summed E-state index contributed by atoms with van der Waals surface area (Å²) in [5, 5.41) is 21.6. The molecule has 2 rings (SSSR count). The predicted octanol–water partition coefficient (Wildman–Crippen LogP) is 0.466. The van der Waals surface area contributed by atoms with E-state index in [-0.39, 0.29) is 11.3 Å². The van der Waals surface area contributed by atoms with Crippen LogP contribution in [-0.2, 0) is 0 Å². The first-order valence-corrected chi connectivity index (χ1v) is 6.10. The van der Waals surface area contributed by atoms with Gasteiger partial charge in [0, 0.05) is 10.5 Å². The summed E-state index contributed by atoms with van der Waals surface area (Å²) in [6, 6.07) is 7.61. The van der Waals surface area contributed by atoms with E-state index >= 15 is 0 Å². The van der Waals surface area contributed by atoms with Gasteiger partial charge in [-0.05, 0) is 19.1 Å². The first-order chi connectivity index (χ1) is 8.99. The number of hydrogen-bond acceptors (Lipinski definition) is 6. The Kier molecular flexibility index (Phi) is 3.62. The van der Waals surface area contributed by atoms with Gasteiger partial charge in [-0.1, -0.05) is 30.0 Å². The number of aromatic carboxylic acids is 2. The van der Waals surface area contributed by atoms with E-state index in [0.29, 0.717) is 15.6 Å². The van der Waals surface area contributed by atoms with Crippen molar-refractivity contribution in [2.45, 2.75) is 16.7 Å². The average molecular weight is 276 g/mol. The molecule has 0 fully saturated rings. The Bertz CT molecular complexity index is 644. The van der Waals surface area contributed by atoms with Gasteiger partial charge in [-0.2, -0.15) is 0 Å². The molecule has 0 saturated heterocycles. The first kappa shape index (κ1) is 13.2. The summed E-state index contributed by atoms with van der Waals surface area (Å²) in [5.41, 5.74) is 0.0445. The zero-order chi connectivity index (χ0) is 14.0. The summed E-state index contributed by atoms with van der Waals surface area (Å²) in [6.45, 7) is 1.59. The molecule has 0 aliphatic carbocycles. The lowest BCUT2D eigenvalue weighted by Gasteiger charge is -2.08. The van der Waals surface area contributed by atoms with Gasteiger partial charge in [-0.15, -0.1) is 0 Å². The van der Waals surface area contributed by atoms with E-state index in [1.165, 1.54) is 12.1 Å². The molecule has 1 aromatic heterocycles. The molecule has 0 amide bonds. The molecule has 0 N–H and O–H groups in total. The lowest BCUT2D eigenvalue weighted by Crippen LogP contribution is -2.22. The molecule has 1 aromatic carbocycles. The molecule has 0 saturated carbocycles. The number of hydrogen-bond donors (Lipinski definition) is 0. The van der Waals surface area contributed by atoms with Crippen molar-refractivity contribution >= 4 is 23.7 Å². The largest absolute Gasteiger partial charge is 0.545 e. The highest BCUT2D eigenvalue weighted by atomic mass is 32.2. The smallest absolute Gasteiger partial charge is 0.150 e. The molecule has 5 nitrogen and oxygen atoms in total. The van der Waals surface area contributed by atoms with Crippen molar-refractivity contribution in [2.75, 3.05) is 0 Å². The normalized spacial score (nSPS) is 10.4. The van der Waals surface area contributed by atoms with E-state index in [0.717, 1.165) is 11.8 Å².